The molecule has 2 heterocycles. The Morgan fingerprint density at radius 3 is 2.53 bits per heavy atom. The fourth-order valence-electron chi connectivity index (χ4n) is 3.80. The lowest BCUT2D eigenvalue weighted by molar-refractivity contribution is -0.136. The van der Waals surface area contributed by atoms with Crippen LogP contribution in [0.5, 0.6) is 0 Å². The van der Waals surface area contributed by atoms with Crippen molar-refractivity contribution in [1.82, 2.24) is 9.21 Å². The first-order valence-electron chi connectivity index (χ1n) is 9.39. The van der Waals surface area contributed by atoms with Gasteiger partial charge in [-0.1, -0.05) is 23.7 Å². The Morgan fingerprint density at radius 2 is 1.83 bits per heavy atom. The number of hydrogen-bond acceptors (Lipinski definition) is 4. The number of benzene rings is 2. The molecule has 2 aromatic rings. The molecule has 0 spiro atoms. The molecular formula is C20H19ClFN3O4S. The number of hydrogen-bond donors (Lipinski definition) is 1. The number of piperazine rings is 1. The summed E-state index contributed by atoms with van der Waals surface area (Å²) < 4.78 is 40.5. The Labute approximate surface area is 178 Å². The number of amides is 2. The van der Waals surface area contributed by atoms with Gasteiger partial charge in [0.05, 0.1) is 10.8 Å². The van der Waals surface area contributed by atoms with Crippen molar-refractivity contribution in [1.29, 1.82) is 0 Å². The highest BCUT2D eigenvalue weighted by Gasteiger charge is 2.36. The predicted octanol–water partition coefficient (Wildman–Crippen LogP) is 2.44. The van der Waals surface area contributed by atoms with Gasteiger partial charge in [0, 0.05) is 43.3 Å². The summed E-state index contributed by atoms with van der Waals surface area (Å²) >= 11 is 5.91. The van der Waals surface area contributed by atoms with Crippen LogP contribution >= 0.6 is 11.6 Å². The van der Waals surface area contributed by atoms with Crippen molar-refractivity contribution in [3.8, 4) is 0 Å². The highest BCUT2D eigenvalue weighted by atomic mass is 35.5. The van der Waals surface area contributed by atoms with E-state index in [9.17, 15) is 22.4 Å². The van der Waals surface area contributed by atoms with Gasteiger partial charge in [0.15, 0.2) is 0 Å². The second-order valence-corrected chi connectivity index (χ2v) is 9.60. The van der Waals surface area contributed by atoms with Gasteiger partial charge in [-0.2, -0.15) is 4.31 Å². The zero-order valence-corrected chi connectivity index (χ0v) is 17.4. The lowest BCUT2D eigenvalue weighted by Crippen LogP contribution is -2.52. The van der Waals surface area contributed by atoms with Crippen LogP contribution in [0.25, 0.3) is 0 Å². The largest absolute Gasteiger partial charge is 0.340 e. The number of halogens is 2. The lowest BCUT2D eigenvalue weighted by atomic mass is 9.89. The van der Waals surface area contributed by atoms with Crippen LogP contribution in [0.4, 0.5) is 10.1 Å². The normalized spacial score (nSPS) is 19.9. The minimum atomic E-state index is -3.72. The van der Waals surface area contributed by atoms with Gasteiger partial charge in [-0.15, -0.1) is 0 Å². The monoisotopic (exact) mass is 451 g/mol. The third-order valence-electron chi connectivity index (χ3n) is 5.34. The molecule has 10 heteroatoms. The van der Waals surface area contributed by atoms with Gasteiger partial charge < -0.3 is 10.2 Å². The van der Waals surface area contributed by atoms with Crippen molar-refractivity contribution < 1.29 is 22.4 Å². The van der Waals surface area contributed by atoms with E-state index in [-0.39, 0.29) is 49.3 Å². The molecule has 7 nitrogen and oxygen atoms in total. The molecule has 0 bridgehead atoms. The van der Waals surface area contributed by atoms with Crippen LogP contribution < -0.4 is 5.32 Å². The molecule has 158 valence electrons. The minimum Gasteiger partial charge on any atom is -0.340 e. The first-order chi connectivity index (χ1) is 14.3. The van der Waals surface area contributed by atoms with Gasteiger partial charge in [-0.3, -0.25) is 9.59 Å². The first kappa shape index (κ1) is 20.8. The Bertz CT molecular complexity index is 1120. The number of nitrogens with zero attached hydrogens (tertiary/aromatic N) is 2. The molecule has 4 rings (SSSR count). The van der Waals surface area contributed by atoms with Gasteiger partial charge in [-0.05, 0) is 35.9 Å². The predicted molar refractivity (Wildman–Crippen MR) is 109 cm³/mol. The second kappa shape index (κ2) is 7.98. The highest BCUT2D eigenvalue weighted by Crippen LogP contribution is 2.34. The number of rotatable bonds is 3. The average Bonchev–Trinajstić information content (AvgIpc) is 2.72. The first-order valence-corrected chi connectivity index (χ1v) is 11.2. The van der Waals surface area contributed by atoms with Crippen molar-refractivity contribution in [2.45, 2.75) is 17.2 Å². The summed E-state index contributed by atoms with van der Waals surface area (Å²) in [6, 6.07) is 10.0. The molecule has 2 aliphatic heterocycles. The van der Waals surface area contributed by atoms with E-state index in [0.29, 0.717) is 16.3 Å². The molecule has 1 saturated heterocycles. The molecule has 1 unspecified atom stereocenters. The SMILES string of the molecule is O=C1CC(C(=O)N2CCN(S(=O)(=O)c3cccc(Cl)c3)CC2)c2ccc(F)cc2N1. The quantitative estimate of drug-likeness (QED) is 0.776. The number of anilines is 1. The van der Waals surface area contributed by atoms with Crippen LogP contribution in [0, 0.1) is 5.82 Å². The van der Waals surface area contributed by atoms with Crippen LogP contribution in [0.15, 0.2) is 47.4 Å². The van der Waals surface area contributed by atoms with Crippen molar-refractivity contribution in [3.63, 3.8) is 0 Å². The third kappa shape index (κ3) is 3.92. The van der Waals surface area contributed by atoms with Gasteiger partial charge in [-0.25, -0.2) is 12.8 Å². The molecular weight excluding hydrogens is 433 g/mol. The smallest absolute Gasteiger partial charge is 0.243 e. The summed E-state index contributed by atoms with van der Waals surface area (Å²) in [5, 5.41) is 2.92. The lowest BCUT2D eigenvalue weighted by Gasteiger charge is -2.36. The fourth-order valence-corrected chi connectivity index (χ4v) is 5.53. The molecule has 0 radical (unpaired) electrons. The molecule has 2 aliphatic rings. The summed E-state index contributed by atoms with van der Waals surface area (Å²) in [5.41, 5.74) is 0.863. The van der Waals surface area contributed by atoms with Gasteiger partial charge in [0.2, 0.25) is 21.8 Å². The molecule has 1 atom stereocenters. The van der Waals surface area contributed by atoms with Gasteiger partial charge in [0.25, 0.3) is 0 Å². The van der Waals surface area contributed by atoms with E-state index in [1.54, 1.807) is 17.0 Å². The van der Waals surface area contributed by atoms with Crippen LogP contribution in [0.3, 0.4) is 0 Å². The minimum absolute atomic E-state index is 0.0293. The Morgan fingerprint density at radius 1 is 1.10 bits per heavy atom. The standard InChI is InChI=1S/C20H19ClFN3O4S/c21-13-2-1-3-15(10-13)30(28,29)25-8-6-24(7-9-25)20(27)17-12-19(26)23-18-11-14(22)4-5-16(17)18/h1-5,10-11,17H,6-9,12H2,(H,23,26). The van der Waals surface area contributed by atoms with Crippen LogP contribution in [0.2, 0.25) is 5.02 Å². The zero-order chi connectivity index (χ0) is 21.5. The van der Waals surface area contributed by atoms with Crippen LogP contribution in [-0.4, -0.2) is 55.6 Å². The van der Waals surface area contributed by atoms with E-state index in [1.165, 1.54) is 34.6 Å². The van der Waals surface area contributed by atoms with Crippen LogP contribution in [0.1, 0.15) is 17.9 Å². The molecule has 2 amide bonds. The molecule has 30 heavy (non-hydrogen) atoms. The molecule has 0 aromatic heterocycles. The van der Waals surface area contributed by atoms with E-state index >= 15 is 0 Å². The fraction of sp³-hybridized carbons (Fsp3) is 0.300. The summed E-state index contributed by atoms with van der Waals surface area (Å²) in [6.07, 6.45) is -0.0293. The van der Waals surface area contributed by atoms with Gasteiger partial charge >= 0.3 is 0 Å². The van der Waals surface area contributed by atoms with Gasteiger partial charge in [0.1, 0.15) is 5.82 Å². The number of sulfonamides is 1. The van der Waals surface area contributed by atoms with Crippen molar-refractivity contribution in [3.05, 3.63) is 58.9 Å². The van der Waals surface area contributed by atoms with E-state index in [4.69, 9.17) is 11.6 Å². The molecule has 1 N–H and O–H groups in total. The zero-order valence-electron chi connectivity index (χ0n) is 15.8. The van der Waals surface area contributed by atoms with E-state index < -0.39 is 21.8 Å². The van der Waals surface area contributed by atoms with Crippen molar-refractivity contribution >= 4 is 39.1 Å². The topological polar surface area (TPSA) is 86.8 Å². The number of fused-ring (bicyclic) bond motifs is 1. The van der Waals surface area contributed by atoms with E-state index in [2.05, 4.69) is 5.32 Å². The average molecular weight is 452 g/mol. The molecule has 2 aromatic carbocycles. The van der Waals surface area contributed by atoms with E-state index in [0.717, 1.165) is 0 Å². The number of carbonyl (C=O) groups excluding carboxylic acids is 2. The maximum Gasteiger partial charge on any atom is 0.243 e. The summed E-state index contributed by atoms with van der Waals surface area (Å²) in [5.74, 6) is -1.83. The number of nitrogens with one attached hydrogen (secondary N) is 1. The highest BCUT2D eigenvalue weighted by molar-refractivity contribution is 7.89. The third-order valence-corrected chi connectivity index (χ3v) is 7.47. The molecule has 0 saturated carbocycles. The van der Waals surface area contributed by atoms with E-state index in [1.807, 2.05) is 0 Å². The van der Waals surface area contributed by atoms with Crippen LogP contribution in [-0.2, 0) is 19.6 Å². The Balaban J connectivity index is 1.48. The van der Waals surface area contributed by atoms with Crippen molar-refractivity contribution in [2.24, 2.45) is 0 Å². The second-order valence-electron chi connectivity index (χ2n) is 7.22. The summed E-state index contributed by atoms with van der Waals surface area (Å²) in [4.78, 5) is 26.7. The number of carbonyl (C=O) groups is 2. The Hall–Kier alpha value is -2.49. The Kier molecular flexibility index (Phi) is 5.52. The molecule has 0 aliphatic carbocycles. The maximum absolute atomic E-state index is 13.5. The molecule has 1 fully saturated rings. The summed E-state index contributed by atoms with van der Waals surface area (Å²) in [6.45, 7) is 0.673. The van der Waals surface area contributed by atoms with Crippen molar-refractivity contribution in [2.75, 3.05) is 31.5 Å². The summed E-state index contributed by atoms with van der Waals surface area (Å²) in [7, 11) is -3.72. The maximum atomic E-state index is 13.5.